The fourth-order valence-corrected chi connectivity index (χ4v) is 2.41. The molecule has 0 N–H and O–H groups in total. The summed E-state index contributed by atoms with van der Waals surface area (Å²) in [7, 11) is 0. The Morgan fingerprint density at radius 1 is 1.39 bits per heavy atom. The molecule has 0 radical (unpaired) electrons. The van der Waals surface area contributed by atoms with Crippen LogP contribution in [0.2, 0.25) is 0 Å². The molecule has 1 heterocycles. The highest BCUT2D eigenvalue weighted by atomic mass is 19.4. The maximum absolute atomic E-state index is 13.3. The van der Waals surface area contributed by atoms with Crippen molar-refractivity contribution in [3.63, 3.8) is 0 Å². The Bertz CT molecular complexity index is 341. The van der Waals surface area contributed by atoms with Gasteiger partial charge in [0.05, 0.1) is 0 Å². The van der Waals surface area contributed by atoms with Gasteiger partial charge in [-0.15, -0.1) is 0 Å². The first-order chi connectivity index (χ1) is 8.13. The number of carbonyl (C=O) groups excluding carboxylic acids is 1. The van der Waals surface area contributed by atoms with Gasteiger partial charge in [-0.25, -0.2) is 0 Å². The molecule has 104 valence electrons. The van der Waals surface area contributed by atoms with E-state index in [-0.39, 0.29) is 19.1 Å². The molecule has 0 aromatic heterocycles. The Kier molecular flexibility index (Phi) is 4.10. The molecule has 1 atom stereocenters. The number of hydrogen-bond donors (Lipinski definition) is 0. The highest BCUT2D eigenvalue weighted by Gasteiger charge is 2.58. The average Bonchev–Trinajstić information content (AvgIpc) is 2.25. The van der Waals surface area contributed by atoms with Gasteiger partial charge >= 0.3 is 6.18 Å². The van der Waals surface area contributed by atoms with E-state index in [1.165, 1.54) is 9.80 Å². The van der Waals surface area contributed by atoms with Crippen molar-refractivity contribution in [2.45, 2.75) is 38.5 Å². The van der Waals surface area contributed by atoms with E-state index in [0.717, 1.165) is 13.0 Å². The minimum absolute atomic E-state index is 0.216. The van der Waals surface area contributed by atoms with Crippen molar-refractivity contribution in [1.29, 1.82) is 0 Å². The topological polar surface area (TPSA) is 23.6 Å². The van der Waals surface area contributed by atoms with Crippen LogP contribution in [0.4, 0.5) is 13.2 Å². The standard InChI is InChI=1S/C12H19F3N2O/c1-5-10(18)16-6-7-17(9(2)3)11(4,8-16)12(13,14)15/h5,9H,1,6-8H2,2-4H3. The monoisotopic (exact) mass is 264 g/mol. The van der Waals surface area contributed by atoms with E-state index in [1.54, 1.807) is 13.8 Å². The third kappa shape index (κ3) is 2.53. The predicted molar refractivity (Wildman–Crippen MR) is 63.1 cm³/mol. The van der Waals surface area contributed by atoms with Crippen molar-refractivity contribution in [3.05, 3.63) is 12.7 Å². The summed E-state index contributed by atoms with van der Waals surface area (Å²) in [5.41, 5.74) is -2.00. The second-order valence-electron chi connectivity index (χ2n) is 5.02. The van der Waals surface area contributed by atoms with Crippen LogP contribution in [0.15, 0.2) is 12.7 Å². The zero-order valence-corrected chi connectivity index (χ0v) is 10.9. The van der Waals surface area contributed by atoms with Gasteiger partial charge in [-0.3, -0.25) is 9.69 Å². The molecule has 0 bridgehead atoms. The zero-order chi connectivity index (χ0) is 14.1. The largest absolute Gasteiger partial charge is 0.408 e. The second kappa shape index (κ2) is 4.91. The van der Waals surface area contributed by atoms with E-state index in [2.05, 4.69) is 6.58 Å². The first-order valence-corrected chi connectivity index (χ1v) is 5.88. The number of amides is 1. The molecule has 1 aliphatic rings. The normalized spacial score (nSPS) is 26.5. The van der Waals surface area contributed by atoms with Crippen molar-refractivity contribution < 1.29 is 18.0 Å². The lowest BCUT2D eigenvalue weighted by Crippen LogP contribution is -2.69. The molecule has 1 rings (SSSR count). The molecule has 0 spiro atoms. The summed E-state index contributed by atoms with van der Waals surface area (Å²) in [4.78, 5) is 14.1. The molecule has 3 nitrogen and oxygen atoms in total. The molecule has 1 amide bonds. The summed E-state index contributed by atoms with van der Waals surface area (Å²) < 4.78 is 39.8. The lowest BCUT2D eigenvalue weighted by atomic mass is 9.93. The Balaban J connectivity index is 3.04. The van der Waals surface area contributed by atoms with Crippen LogP contribution in [0, 0.1) is 0 Å². The lowest BCUT2D eigenvalue weighted by Gasteiger charge is -2.51. The number of piperazine rings is 1. The summed E-state index contributed by atoms with van der Waals surface area (Å²) in [6, 6.07) is -0.224. The number of hydrogen-bond acceptors (Lipinski definition) is 2. The van der Waals surface area contributed by atoms with Crippen molar-refractivity contribution >= 4 is 5.91 Å². The molecular weight excluding hydrogens is 245 g/mol. The van der Waals surface area contributed by atoms with Crippen molar-refractivity contribution in [3.8, 4) is 0 Å². The van der Waals surface area contributed by atoms with Crippen LogP contribution in [-0.2, 0) is 4.79 Å². The van der Waals surface area contributed by atoms with E-state index in [0.29, 0.717) is 6.54 Å². The number of rotatable bonds is 2. The smallest absolute Gasteiger partial charge is 0.336 e. The number of nitrogens with zero attached hydrogens (tertiary/aromatic N) is 2. The van der Waals surface area contributed by atoms with Gasteiger partial charge in [0.15, 0.2) is 0 Å². The minimum atomic E-state index is -4.38. The molecule has 1 unspecified atom stereocenters. The summed E-state index contributed by atoms with van der Waals surface area (Å²) in [6.45, 7) is 8.09. The van der Waals surface area contributed by atoms with Gasteiger partial charge in [-0.2, -0.15) is 13.2 Å². The number of alkyl halides is 3. The molecule has 0 saturated carbocycles. The Morgan fingerprint density at radius 2 is 1.94 bits per heavy atom. The fraction of sp³-hybridized carbons (Fsp3) is 0.750. The van der Waals surface area contributed by atoms with Gasteiger partial charge in [0.1, 0.15) is 5.54 Å². The maximum atomic E-state index is 13.3. The Hall–Kier alpha value is -1.04. The third-order valence-electron chi connectivity index (χ3n) is 3.46. The summed E-state index contributed by atoms with van der Waals surface area (Å²) in [6.07, 6.45) is -3.32. The van der Waals surface area contributed by atoms with Crippen LogP contribution in [0.25, 0.3) is 0 Å². The number of carbonyl (C=O) groups is 1. The molecule has 0 aliphatic carbocycles. The number of halogens is 3. The van der Waals surface area contributed by atoms with Crippen LogP contribution >= 0.6 is 0 Å². The van der Waals surface area contributed by atoms with Gasteiger partial charge in [-0.1, -0.05) is 6.58 Å². The van der Waals surface area contributed by atoms with E-state index in [4.69, 9.17) is 0 Å². The van der Waals surface area contributed by atoms with Gasteiger partial charge in [-0.05, 0) is 26.8 Å². The minimum Gasteiger partial charge on any atom is -0.336 e. The molecule has 18 heavy (non-hydrogen) atoms. The highest BCUT2D eigenvalue weighted by Crippen LogP contribution is 2.39. The van der Waals surface area contributed by atoms with Crippen molar-refractivity contribution in [1.82, 2.24) is 9.80 Å². The summed E-state index contributed by atoms with van der Waals surface area (Å²) in [5, 5.41) is 0. The first kappa shape index (κ1) is 15.0. The van der Waals surface area contributed by atoms with Gasteiger partial charge in [0, 0.05) is 25.7 Å². The van der Waals surface area contributed by atoms with Gasteiger partial charge in [0.2, 0.25) is 5.91 Å². The molecule has 1 fully saturated rings. The second-order valence-corrected chi connectivity index (χ2v) is 5.02. The van der Waals surface area contributed by atoms with E-state index >= 15 is 0 Å². The summed E-state index contributed by atoms with van der Waals surface area (Å²) in [5.74, 6) is -0.450. The molecule has 1 aliphatic heterocycles. The van der Waals surface area contributed by atoms with E-state index < -0.39 is 17.6 Å². The third-order valence-corrected chi connectivity index (χ3v) is 3.46. The van der Waals surface area contributed by atoms with Crippen molar-refractivity contribution in [2.75, 3.05) is 19.6 Å². The highest BCUT2D eigenvalue weighted by molar-refractivity contribution is 5.87. The Morgan fingerprint density at radius 3 is 2.33 bits per heavy atom. The molecular formula is C12H19F3N2O. The zero-order valence-electron chi connectivity index (χ0n) is 10.9. The van der Waals surface area contributed by atoms with Crippen LogP contribution in [0.1, 0.15) is 20.8 Å². The SMILES string of the molecule is C=CC(=O)N1CCN(C(C)C)C(C)(C(F)(F)F)C1. The molecule has 1 saturated heterocycles. The average molecular weight is 264 g/mol. The maximum Gasteiger partial charge on any atom is 0.408 e. The quantitative estimate of drug-likeness (QED) is 0.713. The van der Waals surface area contributed by atoms with E-state index in [9.17, 15) is 18.0 Å². The fourth-order valence-electron chi connectivity index (χ4n) is 2.41. The van der Waals surface area contributed by atoms with E-state index in [1.807, 2.05) is 0 Å². The van der Waals surface area contributed by atoms with Gasteiger partial charge < -0.3 is 4.90 Å². The van der Waals surface area contributed by atoms with Crippen LogP contribution in [-0.4, -0.2) is 53.1 Å². The Labute approximate surface area is 105 Å². The van der Waals surface area contributed by atoms with Crippen molar-refractivity contribution in [2.24, 2.45) is 0 Å². The van der Waals surface area contributed by atoms with Crippen LogP contribution in [0.5, 0.6) is 0 Å². The lowest BCUT2D eigenvalue weighted by molar-refractivity contribution is -0.245. The molecule has 0 aromatic carbocycles. The van der Waals surface area contributed by atoms with Crippen LogP contribution in [0.3, 0.4) is 0 Å². The summed E-state index contributed by atoms with van der Waals surface area (Å²) >= 11 is 0. The van der Waals surface area contributed by atoms with Crippen LogP contribution < -0.4 is 0 Å². The predicted octanol–water partition coefficient (Wildman–Crippen LogP) is 2.05. The van der Waals surface area contributed by atoms with Gasteiger partial charge in [0.25, 0.3) is 0 Å². The molecule has 0 aromatic rings. The first-order valence-electron chi connectivity index (χ1n) is 5.88. The molecule has 6 heteroatoms.